The van der Waals surface area contributed by atoms with E-state index < -0.39 is 69.7 Å². The zero-order chi connectivity index (χ0) is 28.1. The molecule has 1 saturated carbocycles. The van der Waals surface area contributed by atoms with Crippen LogP contribution in [0, 0.1) is 18.6 Å². The Morgan fingerprint density at radius 3 is 2.51 bits per heavy atom. The van der Waals surface area contributed by atoms with Gasteiger partial charge in [0, 0.05) is 18.7 Å². The van der Waals surface area contributed by atoms with E-state index in [1.54, 1.807) is 6.92 Å². The summed E-state index contributed by atoms with van der Waals surface area (Å²) in [6.45, 7) is 4.12. The van der Waals surface area contributed by atoms with E-state index in [0.717, 1.165) is 6.92 Å². The van der Waals surface area contributed by atoms with E-state index in [2.05, 4.69) is 25.6 Å². The molecular weight excluding hydrogens is 527 g/mol. The third-order valence-corrected chi connectivity index (χ3v) is 6.86. The Bertz CT molecular complexity index is 1420. The molecular formula is C25H27F5N6O3. The van der Waals surface area contributed by atoms with Crippen LogP contribution < -0.4 is 25.8 Å². The highest BCUT2D eigenvalue weighted by Crippen LogP contribution is 2.45. The van der Waals surface area contributed by atoms with Crippen molar-refractivity contribution in [3.05, 3.63) is 28.8 Å². The van der Waals surface area contributed by atoms with Crippen molar-refractivity contribution >= 4 is 22.4 Å². The molecule has 2 aliphatic rings. The van der Waals surface area contributed by atoms with Crippen LogP contribution in [0.2, 0.25) is 0 Å². The monoisotopic (exact) mass is 554 g/mol. The topological polar surface area (TPSA) is 127 Å². The Morgan fingerprint density at radius 1 is 1.08 bits per heavy atom. The highest BCUT2D eigenvalue weighted by molar-refractivity contribution is 5.96. The number of aliphatic hydroxyl groups is 1. The number of nitrogens with two attached hydrogens (primary N) is 1. The van der Waals surface area contributed by atoms with Crippen LogP contribution in [0.25, 0.3) is 22.2 Å². The smallest absolute Gasteiger partial charge is 0.417 e. The van der Waals surface area contributed by atoms with Gasteiger partial charge in [-0.2, -0.15) is 23.1 Å². The second kappa shape index (κ2) is 10.2. The maximum atomic E-state index is 16.2. The molecule has 14 heteroatoms. The maximum Gasteiger partial charge on any atom is 0.417 e. The molecule has 0 spiro atoms. The Labute approximate surface area is 219 Å². The highest BCUT2D eigenvalue weighted by atomic mass is 19.4. The van der Waals surface area contributed by atoms with Gasteiger partial charge in [-0.05, 0) is 51.3 Å². The number of benzene rings is 1. The standard InChI is InChI=1S/C25H27F5N6O3/c1-10-5-6-32-7-8-33-22-16-21(35-24(36-22)39-15-4-3-14(15)37)19(27)20(34-23(16)38-10)12-9-13(31)18(26)11(2)17(12)25(28,29)30/h9-10,14-15,32,37H,3-8,31H2,1-2H3,(H,33,35,36)/t10-,14?,15?/m0/s1. The van der Waals surface area contributed by atoms with Crippen LogP contribution in [-0.4, -0.2) is 58.0 Å². The molecule has 3 aromatic rings. The summed E-state index contributed by atoms with van der Waals surface area (Å²) in [5.74, 6) is -2.59. The lowest BCUT2D eigenvalue weighted by atomic mass is 9.92. The summed E-state index contributed by atoms with van der Waals surface area (Å²) in [5, 5.41) is 16.2. The van der Waals surface area contributed by atoms with Crippen LogP contribution in [0.3, 0.4) is 0 Å². The molecule has 2 unspecified atom stereocenters. The van der Waals surface area contributed by atoms with E-state index in [1.807, 2.05) is 0 Å². The molecule has 5 rings (SSSR count). The summed E-state index contributed by atoms with van der Waals surface area (Å²) >= 11 is 0. The summed E-state index contributed by atoms with van der Waals surface area (Å²) in [5.41, 5.74) is 0.926. The molecule has 0 radical (unpaired) electrons. The molecule has 1 aliphatic heterocycles. The van der Waals surface area contributed by atoms with Gasteiger partial charge in [0.05, 0.1) is 23.5 Å². The second-order valence-corrected chi connectivity index (χ2v) is 9.68. The molecule has 5 N–H and O–H groups in total. The SMILES string of the molecule is Cc1c(F)c(N)cc(-c2nc3c4c(nc(OC5CCC5O)nc4c2F)NCCNCC[C@H](C)O3)c1C(F)(F)F. The van der Waals surface area contributed by atoms with Crippen molar-refractivity contribution < 1.29 is 36.5 Å². The van der Waals surface area contributed by atoms with Gasteiger partial charge in [0.1, 0.15) is 34.3 Å². The Kier molecular flexibility index (Phi) is 7.10. The van der Waals surface area contributed by atoms with E-state index >= 15 is 4.39 Å². The summed E-state index contributed by atoms with van der Waals surface area (Å²) in [6.07, 6.45) is -5.34. The van der Waals surface area contributed by atoms with Gasteiger partial charge < -0.3 is 30.9 Å². The van der Waals surface area contributed by atoms with Gasteiger partial charge in [-0.25, -0.2) is 13.8 Å². The van der Waals surface area contributed by atoms with Crippen LogP contribution in [0.15, 0.2) is 6.07 Å². The average molecular weight is 555 g/mol. The lowest BCUT2D eigenvalue weighted by molar-refractivity contribution is -0.137. The van der Waals surface area contributed by atoms with Gasteiger partial charge in [-0.3, -0.25) is 0 Å². The maximum absolute atomic E-state index is 16.2. The second-order valence-electron chi connectivity index (χ2n) is 9.68. The fourth-order valence-electron chi connectivity index (χ4n) is 4.61. The number of nitrogen functional groups attached to an aromatic ring is 1. The van der Waals surface area contributed by atoms with Crippen LogP contribution in [0.4, 0.5) is 33.5 Å². The van der Waals surface area contributed by atoms with E-state index in [1.165, 1.54) is 0 Å². The first-order valence-corrected chi connectivity index (χ1v) is 12.5. The zero-order valence-corrected chi connectivity index (χ0v) is 21.1. The number of halogens is 5. The first-order chi connectivity index (χ1) is 18.5. The molecule has 3 heterocycles. The third-order valence-electron chi connectivity index (χ3n) is 6.86. The summed E-state index contributed by atoms with van der Waals surface area (Å²) in [4.78, 5) is 12.7. The molecule has 39 heavy (non-hydrogen) atoms. The quantitative estimate of drug-likeness (QED) is 0.281. The molecule has 1 aliphatic carbocycles. The van der Waals surface area contributed by atoms with Crippen molar-refractivity contribution in [1.29, 1.82) is 0 Å². The summed E-state index contributed by atoms with van der Waals surface area (Å²) in [7, 11) is 0. The summed E-state index contributed by atoms with van der Waals surface area (Å²) in [6, 6.07) is 0.424. The Hall–Kier alpha value is -3.52. The number of anilines is 2. The van der Waals surface area contributed by atoms with Crippen molar-refractivity contribution in [2.45, 2.75) is 57.6 Å². The average Bonchev–Trinajstić information content (AvgIpc) is 2.90. The van der Waals surface area contributed by atoms with Gasteiger partial charge in [0.2, 0.25) is 5.88 Å². The van der Waals surface area contributed by atoms with Crippen LogP contribution in [-0.2, 0) is 6.18 Å². The van der Waals surface area contributed by atoms with Crippen LogP contribution in [0.5, 0.6) is 11.9 Å². The van der Waals surface area contributed by atoms with E-state index in [-0.39, 0.29) is 23.1 Å². The number of aromatic nitrogens is 3. The molecule has 0 saturated heterocycles. The fraction of sp³-hybridized carbons (Fsp3) is 0.480. The molecule has 2 aromatic heterocycles. The largest absolute Gasteiger partial charge is 0.474 e. The fourth-order valence-corrected chi connectivity index (χ4v) is 4.61. The van der Waals surface area contributed by atoms with E-state index in [9.17, 15) is 22.7 Å². The number of nitrogens with one attached hydrogen (secondary N) is 2. The number of alkyl halides is 3. The predicted octanol–water partition coefficient (Wildman–Crippen LogP) is 3.95. The normalized spacial score (nSPS) is 21.9. The molecule has 9 nitrogen and oxygen atoms in total. The molecule has 1 fully saturated rings. The number of pyridine rings is 1. The lowest BCUT2D eigenvalue weighted by Crippen LogP contribution is -2.41. The first kappa shape index (κ1) is 27.1. The van der Waals surface area contributed by atoms with Crippen molar-refractivity contribution in [2.75, 3.05) is 30.7 Å². The Morgan fingerprint density at radius 2 is 1.85 bits per heavy atom. The van der Waals surface area contributed by atoms with Gasteiger partial charge in [0.25, 0.3) is 0 Å². The lowest BCUT2D eigenvalue weighted by Gasteiger charge is -2.31. The van der Waals surface area contributed by atoms with E-state index in [0.29, 0.717) is 45.0 Å². The Balaban J connectivity index is 1.80. The number of aliphatic hydroxyl groups excluding tert-OH is 1. The van der Waals surface area contributed by atoms with Crippen molar-refractivity contribution in [3.63, 3.8) is 0 Å². The van der Waals surface area contributed by atoms with Crippen molar-refractivity contribution in [1.82, 2.24) is 20.3 Å². The van der Waals surface area contributed by atoms with E-state index in [4.69, 9.17) is 15.2 Å². The number of hydrogen-bond donors (Lipinski definition) is 4. The number of hydrogen-bond acceptors (Lipinski definition) is 9. The number of rotatable bonds is 3. The predicted molar refractivity (Wildman–Crippen MR) is 133 cm³/mol. The van der Waals surface area contributed by atoms with Gasteiger partial charge >= 0.3 is 12.2 Å². The minimum Gasteiger partial charge on any atom is -0.474 e. The molecule has 3 atom stereocenters. The molecule has 1 aromatic carbocycles. The minimum atomic E-state index is -5.05. The van der Waals surface area contributed by atoms with Gasteiger partial charge in [0.15, 0.2) is 5.82 Å². The molecule has 210 valence electrons. The first-order valence-electron chi connectivity index (χ1n) is 12.5. The van der Waals surface area contributed by atoms with Gasteiger partial charge in [-0.15, -0.1) is 0 Å². The van der Waals surface area contributed by atoms with Crippen molar-refractivity contribution in [3.8, 4) is 23.1 Å². The molecule has 0 amide bonds. The summed E-state index contributed by atoms with van der Waals surface area (Å²) < 4.78 is 84.8. The zero-order valence-electron chi connectivity index (χ0n) is 21.1. The highest BCUT2D eigenvalue weighted by Gasteiger charge is 2.39. The number of ether oxygens (including phenoxy) is 2. The third kappa shape index (κ3) is 5.10. The van der Waals surface area contributed by atoms with Gasteiger partial charge in [-0.1, -0.05) is 0 Å². The molecule has 0 bridgehead atoms. The minimum absolute atomic E-state index is 0.00636. The van der Waals surface area contributed by atoms with Crippen LogP contribution in [0.1, 0.15) is 37.3 Å². The van der Waals surface area contributed by atoms with Crippen LogP contribution >= 0.6 is 0 Å². The van der Waals surface area contributed by atoms with Crippen molar-refractivity contribution in [2.24, 2.45) is 0 Å². The number of nitrogens with zero attached hydrogens (tertiary/aromatic N) is 3.